The Labute approximate surface area is 230 Å². The van der Waals surface area contributed by atoms with Crippen molar-refractivity contribution in [3.05, 3.63) is 80.6 Å². The molecule has 1 amide bonds. The Morgan fingerprint density at radius 1 is 1.00 bits per heavy atom. The third kappa shape index (κ3) is 6.42. The zero-order valence-corrected chi connectivity index (χ0v) is 21.9. The third-order valence-corrected chi connectivity index (χ3v) is 8.02. The van der Waals surface area contributed by atoms with Gasteiger partial charge < -0.3 is 10.3 Å². The summed E-state index contributed by atoms with van der Waals surface area (Å²) in [6.45, 7) is -0.167. The number of aromatic amines is 1. The van der Waals surface area contributed by atoms with Gasteiger partial charge in [-0.15, -0.1) is 0 Å². The van der Waals surface area contributed by atoms with Gasteiger partial charge >= 0.3 is 12.4 Å². The molecular formula is C29H28F7N3O2. The van der Waals surface area contributed by atoms with Crippen molar-refractivity contribution in [2.75, 3.05) is 13.1 Å². The van der Waals surface area contributed by atoms with E-state index in [2.05, 4.69) is 10.3 Å². The number of hydrogen-bond donors (Lipinski definition) is 2. The van der Waals surface area contributed by atoms with E-state index in [4.69, 9.17) is 0 Å². The quantitative estimate of drug-likeness (QED) is 0.304. The topological polar surface area (TPSA) is 65.2 Å². The molecule has 2 fully saturated rings. The molecule has 5 rings (SSSR count). The van der Waals surface area contributed by atoms with E-state index in [1.807, 2.05) is 4.90 Å². The fraction of sp³-hybridized carbons (Fsp3) is 0.448. The lowest BCUT2D eigenvalue weighted by atomic mass is 9.80. The van der Waals surface area contributed by atoms with Gasteiger partial charge in [0.25, 0.3) is 0 Å². The Hall–Kier alpha value is -3.41. The first-order valence-corrected chi connectivity index (χ1v) is 13.3. The van der Waals surface area contributed by atoms with Gasteiger partial charge in [-0.1, -0.05) is 25.0 Å². The second-order valence-electron chi connectivity index (χ2n) is 11.1. The lowest BCUT2D eigenvalue weighted by Crippen LogP contribution is -2.43. The van der Waals surface area contributed by atoms with Gasteiger partial charge in [-0.05, 0) is 66.1 Å². The molecule has 2 aromatic carbocycles. The molecule has 12 heteroatoms. The molecule has 5 nitrogen and oxygen atoms in total. The van der Waals surface area contributed by atoms with Crippen LogP contribution in [-0.2, 0) is 36.9 Å². The first-order chi connectivity index (χ1) is 19.3. The number of nitrogens with zero attached hydrogens (tertiary/aromatic N) is 1. The van der Waals surface area contributed by atoms with Crippen LogP contribution in [0.1, 0.15) is 53.5 Å². The number of carbonyl (C=O) groups is 1. The highest BCUT2D eigenvalue weighted by Crippen LogP contribution is 2.46. The van der Waals surface area contributed by atoms with E-state index in [1.165, 1.54) is 6.07 Å². The Morgan fingerprint density at radius 3 is 2.27 bits per heavy atom. The maximum atomic E-state index is 14.1. The van der Waals surface area contributed by atoms with Crippen LogP contribution in [0.25, 0.3) is 10.9 Å². The lowest BCUT2D eigenvalue weighted by molar-refractivity contribution is -0.143. The lowest BCUT2D eigenvalue weighted by Gasteiger charge is -2.29. The van der Waals surface area contributed by atoms with Crippen molar-refractivity contribution in [1.82, 2.24) is 15.2 Å². The van der Waals surface area contributed by atoms with Crippen LogP contribution in [-0.4, -0.2) is 28.9 Å². The predicted octanol–water partition coefficient (Wildman–Crippen LogP) is 6.34. The number of benzene rings is 2. The Morgan fingerprint density at radius 2 is 1.66 bits per heavy atom. The standard InChI is InChI=1S/C29H28F7N3O2/c30-13-23-20(4-3-19-5-6-24(40)38-25(19)23)15-39-8-7-27(16-39,12-17-1-2-17)26(41)37-14-18-9-21(28(31,32)33)11-22(10-18)29(34,35)36/h3-6,9-11,17H,1-2,7-8,12-16H2,(H,37,41)(H,38,40). The van der Waals surface area contributed by atoms with Crippen LogP contribution in [0.3, 0.4) is 0 Å². The molecule has 0 bridgehead atoms. The SMILES string of the molecule is O=C(NCc1cc(C(F)(F)F)cc(C(F)(F)F)c1)C1(CC2CC2)CCN(Cc2ccc3ccc(=O)[nH]c3c2CF)C1. The average molecular weight is 584 g/mol. The third-order valence-electron chi connectivity index (χ3n) is 8.02. The van der Waals surface area contributed by atoms with Crippen molar-refractivity contribution in [2.24, 2.45) is 11.3 Å². The molecule has 0 spiro atoms. The normalized spacial score (nSPS) is 20.1. The Kier molecular flexibility index (Phi) is 7.65. The molecule has 2 aliphatic rings. The molecule has 1 aromatic heterocycles. The van der Waals surface area contributed by atoms with Gasteiger partial charge in [-0.3, -0.25) is 14.5 Å². The van der Waals surface area contributed by atoms with E-state index in [1.54, 1.807) is 18.2 Å². The number of rotatable bonds is 8. The van der Waals surface area contributed by atoms with Crippen molar-refractivity contribution in [2.45, 2.75) is 57.8 Å². The van der Waals surface area contributed by atoms with Crippen LogP contribution < -0.4 is 10.9 Å². The van der Waals surface area contributed by atoms with Crippen molar-refractivity contribution < 1.29 is 35.5 Å². The van der Waals surface area contributed by atoms with E-state index in [-0.39, 0.29) is 17.2 Å². The van der Waals surface area contributed by atoms with Crippen molar-refractivity contribution in [1.29, 1.82) is 0 Å². The molecule has 3 aromatic rings. The second kappa shape index (κ2) is 10.8. The summed E-state index contributed by atoms with van der Waals surface area (Å²) in [6, 6.07) is 7.83. The number of nitrogens with one attached hydrogen (secondary N) is 2. The minimum Gasteiger partial charge on any atom is -0.352 e. The van der Waals surface area contributed by atoms with Gasteiger partial charge in [0.05, 0.1) is 22.1 Å². The molecule has 2 heterocycles. The number of H-pyrrole nitrogens is 1. The molecule has 1 unspecified atom stereocenters. The number of carbonyl (C=O) groups excluding carboxylic acids is 1. The first kappa shape index (κ1) is 29.1. The summed E-state index contributed by atoms with van der Waals surface area (Å²) in [7, 11) is 0. The molecule has 1 saturated heterocycles. The van der Waals surface area contributed by atoms with E-state index < -0.39 is 48.0 Å². The predicted molar refractivity (Wildman–Crippen MR) is 137 cm³/mol. The van der Waals surface area contributed by atoms with Crippen LogP contribution in [0.2, 0.25) is 0 Å². The van der Waals surface area contributed by atoms with Gasteiger partial charge in [0.2, 0.25) is 11.5 Å². The van der Waals surface area contributed by atoms with E-state index in [0.717, 1.165) is 12.8 Å². The molecule has 1 saturated carbocycles. The number of fused-ring (bicyclic) bond motifs is 1. The minimum absolute atomic E-state index is 0.0584. The molecule has 41 heavy (non-hydrogen) atoms. The van der Waals surface area contributed by atoms with Crippen LogP contribution in [0.15, 0.2) is 47.3 Å². The summed E-state index contributed by atoms with van der Waals surface area (Å²) in [6.07, 6.45) is -7.07. The van der Waals surface area contributed by atoms with Gasteiger partial charge in [0, 0.05) is 31.3 Å². The second-order valence-corrected chi connectivity index (χ2v) is 11.1. The number of alkyl halides is 7. The number of amides is 1. The van der Waals surface area contributed by atoms with Gasteiger partial charge in [0.1, 0.15) is 6.67 Å². The largest absolute Gasteiger partial charge is 0.416 e. The summed E-state index contributed by atoms with van der Waals surface area (Å²) in [5, 5.41) is 3.30. The summed E-state index contributed by atoms with van der Waals surface area (Å²) in [5.41, 5.74) is -2.96. The van der Waals surface area contributed by atoms with Crippen LogP contribution in [0, 0.1) is 11.3 Å². The summed E-state index contributed by atoms with van der Waals surface area (Å²) < 4.78 is 93.7. The smallest absolute Gasteiger partial charge is 0.352 e. The summed E-state index contributed by atoms with van der Waals surface area (Å²) >= 11 is 0. The molecule has 2 N–H and O–H groups in total. The Bertz CT molecular complexity index is 1480. The summed E-state index contributed by atoms with van der Waals surface area (Å²) in [5.74, 6) is -0.107. The van der Waals surface area contributed by atoms with Crippen LogP contribution >= 0.6 is 0 Å². The maximum absolute atomic E-state index is 14.1. The summed E-state index contributed by atoms with van der Waals surface area (Å²) in [4.78, 5) is 30.0. The van der Waals surface area contributed by atoms with Gasteiger partial charge in [-0.2, -0.15) is 26.3 Å². The molecule has 1 aliphatic heterocycles. The number of hydrogen-bond acceptors (Lipinski definition) is 3. The minimum atomic E-state index is -4.98. The van der Waals surface area contributed by atoms with Gasteiger partial charge in [-0.25, -0.2) is 4.39 Å². The number of aromatic nitrogens is 1. The molecule has 220 valence electrons. The number of likely N-dealkylation sites (tertiary alicyclic amines) is 1. The van der Waals surface area contributed by atoms with Crippen LogP contribution in [0.5, 0.6) is 0 Å². The number of halogens is 7. The van der Waals surface area contributed by atoms with Crippen molar-refractivity contribution in [3.63, 3.8) is 0 Å². The highest BCUT2D eigenvalue weighted by atomic mass is 19.4. The highest BCUT2D eigenvalue weighted by molar-refractivity contribution is 5.84. The first-order valence-electron chi connectivity index (χ1n) is 13.3. The van der Waals surface area contributed by atoms with E-state index in [9.17, 15) is 40.3 Å². The molecule has 0 radical (unpaired) electrons. The zero-order valence-electron chi connectivity index (χ0n) is 21.9. The maximum Gasteiger partial charge on any atom is 0.416 e. The molecule has 1 atom stereocenters. The average Bonchev–Trinajstić information content (AvgIpc) is 3.63. The highest BCUT2D eigenvalue weighted by Gasteiger charge is 2.47. The Balaban J connectivity index is 1.34. The van der Waals surface area contributed by atoms with Gasteiger partial charge in [0.15, 0.2) is 0 Å². The van der Waals surface area contributed by atoms with E-state index in [0.29, 0.717) is 72.6 Å². The van der Waals surface area contributed by atoms with E-state index >= 15 is 0 Å². The molecular weight excluding hydrogens is 555 g/mol. The number of pyridine rings is 1. The van der Waals surface area contributed by atoms with Crippen LogP contribution in [0.4, 0.5) is 30.7 Å². The monoisotopic (exact) mass is 583 g/mol. The fourth-order valence-electron chi connectivity index (χ4n) is 5.77. The zero-order chi connectivity index (χ0) is 29.6. The fourth-order valence-corrected chi connectivity index (χ4v) is 5.77. The van der Waals surface area contributed by atoms with Crippen molar-refractivity contribution >= 4 is 16.8 Å². The van der Waals surface area contributed by atoms with Crippen molar-refractivity contribution in [3.8, 4) is 0 Å². The molecule has 1 aliphatic carbocycles.